The lowest BCUT2D eigenvalue weighted by Gasteiger charge is -2.38. The van der Waals surface area contributed by atoms with Gasteiger partial charge in [-0.25, -0.2) is 0 Å². The van der Waals surface area contributed by atoms with Crippen LogP contribution in [0.4, 0.5) is 0 Å². The van der Waals surface area contributed by atoms with E-state index in [1.807, 2.05) is 0 Å². The van der Waals surface area contributed by atoms with E-state index in [0.29, 0.717) is 17.1 Å². The summed E-state index contributed by atoms with van der Waals surface area (Å²) in [6.07, 6.45) is 4.88. The van der Waals surface area contributed by atoms with Gasteiger partial charge in [-0.15, -0.1) is 0 Å². The molecule has 0 aromatic heterocycles. The first-order chi connectivity index (χ1) is 7.71. The zero-order valence-electron chi connectivity index (χ0n) is 12.0. The van der Waals surface area contributed by atoms with Crippen molar-refractivity contribution in [2.24, 2.45) is 11.8 Å². The second-order valence-corrected chi connectivity index (χ2v) is 12.3. The molecule has 0 amide bonds. The first-order valence-corrected chi connectivity index (χ1v) is 9.97. The van der Waals surface area contributed by atoms with E-state index < -0.39 is 8.32 Å². The molecule has 0 unspecified atom stereocenters. The van der Waals surface area contributed by atoms with Gasteiger partial charge < -0.3 is 9.53 Å². The number of rotatable bonds is 2. The van der Waals surface area contributed by atoms with E-state index in [4.69, 9.17) is 4.43 Å². The summed E-state index contributed by atoms with van der Waals surface area (Å²) in [6.45, 7) is 11.5. The molecule has 0 radical (unpaired) electrons. The quantitative estimate of drug-likeness (QED) is 0.766. The van der Waals surface area contributed by atoms with Gasteiger partial charge in [0.2, 0.25) is 0 Å². The summed E-state index contributed by atoms with van der Waals surface area (Å²) >= 11 is 0. The standard InChI is InChI=1S/C14H28O2Si/c1-14(2,3)17(4,5)16-11-8-10-6-7-13(15)12(10)9-11/h10-13,15H,6-9H2,1-5H3/t10-,11+,12+,13-/m1/s1. The summed E-state index contributed by atoms with van der Waals surface area (Å²) in [5, 5.41) is 10.2. The summed E-state index contributed by atoms with van der Waals surface area (Å²) in [4.78, 5) is 0. The van der Waals surface area contributed by atoms with Crippen LogP contribution in [0.3, 0.4) is 0 Å². The van der Waals surface area contributed by atoms with Gasteiger partial charge >= 0.3 is 0 Å². The van der Waals surface area contributed by atoms with E-state index in [9.17, 15) is 5.11 Å². The predicted octanol–water partition coefficient (Wildman–Crippen LogP) is 3.56. The van der Waals surface area contributed by atoms with Crippen LogP contribution < -0.4 is 0 Å². The highest BCUT2D eigenvalue weighted by Crippen LogP contribution is 2.47. The molecule has 0 heterocycles. The smallest absolute Gasteiger partial charge is 0.192 e. The highest BCUT2D eigenvalue weighted by atomic mass is 28.4. The number of hydrogen-bond acceptors (Lipinski definition) is 2. The molecule has 2 saturated carbocycles. The van der Waals surface area contributed by atoms with Crippen LogP contribution in [-0.4, -0.2) is 25.6 Å². The van der Waals surface area contributed by atoms with Crippen LogP contribution in [0.25, 0.3) is 0 Å². The lowest BCUT2D eigenvalue weighted by Crippen LogP contribution is -2.43. The Morgan fingerprint density at radius 3 is 2.29 bits per heavy atom. The van der Waals surface area contributed by atoms with Crippen molar-refractivity contribution in [1.82, 2.24) is 0 Å². The Bertz CT molecular complexity index is 282. The molecule has 0 aromatic carbocycles. The van der Waals surface area contributed by atoms with Crippen LogP contribution in [0.5, 0.6) is 0 Å². The maximum absolute atomic E-state index is 9.93. The van der Waals surface area contributed by atoms with E-state index in [0.717, 1.165) is 18.8 Å². The third-order valence-corrected chi connectivity index (χ3v) is 9.84. The van der Waals surface area contributed by atoms with Gasteiger partial charge in [0.25, 0.3) is 0 Å². The molecular formula is C14H28O2Si. The molecule has 0 spiro atoms. The van der Waals surface area contributed by atoms with Crippen molar-refractivity contribution < 1.29 is 9.53 Å². The SMILES string of the molecule is CC(C)(C)[Si](C)(C)O[C@H]1C[C@H]2CC[C@@H](O)[C@H]2C1. The zero-order valence-corrected chi connectivity index (χ0v) is 13.0. The van der Waals surface area contributed by atoms with Crippen molar-refractivity contribution in [3.05, 3.63) is 0 Å². The van der Waals surface area contributed by atoms with Gasteiger partial charge in [0.15, 0.2) is 8.32 Å². The van der Waals surface area contributed by atoms with Crippen LogP contribution in [0.2, 0.25) is 18.1 Å². The Balaban J connectivity index is 1.95. The summed E-state index contributed by atoms with van der Waals surface area (Å²) in [5.74, 6) is 1.27. The van der Waals surface area contributed by atoms with Gasteiger partial charge in [-0.1, -0.05) is 20.8 Å². The number of aliphatic hydroxyl groups is 1. The molecule has 0 bridgehead atoms. The first kappa shape index (κ1) is 13.6. The fraction of sp³-hybridized carbons (Fsp3) is 1.00. The minimum Gasteiger partial charge on any atom is -0.414 e. The molecule has 4 atom stereocenters. The van der Waals surface area contributed by atoms with Crippen molar-refractivity contribution in [1.29, 1.82) is 0 Å². The summed E-state index contributed by atoms with van der Waals surface area (Å²) < 4.78 is 6.48. The molecule has 3 heteroatoms. The fourth-order valence-corrected chi connectivity index (χ4v) is 4.58. The van der Waals surface area contributed by atoms with Crippen LogP contribution in [0.15, 0.2) is 0 Å². The summed E-state index contributed by atoms with van der Waals surface area (Å²) in [5.41, 5.74) is 0. The number of fused-ring (bicyclic) bond motifs is 1. The third kappa shape index (κ3) is 2.61. The van der Waals surface area contributed by atoms with E-state index in [1.165, 1.54) is 12.8 Å². The summed E-state index contributed by atoms with van der Waals surface area (Å²) in [7, 11) is -1.62. The van der Waals surface area contributed by atoms with Crippen molar-refractivity contribution in [3.63, 3.8) is 0 Å². The molecule has 0 aliphatic heterocycles. The second-order valence-electron chi connectivity index (χ2n) is 7.54. The molecule has 0 aromatic rings. The van der Waals surface area contributed by atoms with Crippen LogP contribution >= 0.6 is 0 Å². The maximum atomic E-state index is 9.93. The largest absolute Gasteiger partial charge is 0.414 e. The topological polar surface area (TPSA) is 29.5 Å². The highest BCUT2D eigenvalue weighted by Gasteiger charge is 2.46. The van der Waals surface area contributed by atoms with Crippen LogP contribution in [0.1, 0.15) is 46.5 Å². The Morgan fingerprint density at radius 2 is 1.76 bits per heavy atom. The molecule has 0 saturated heterocycles. The van der Waals surface area contributed by atoms with Gasteiger partial charge in [0, 0.05) is 6.10 Å². The van der Waals surface area contributed by atoms with E-state index in [1.54, 1.807) is 0 Å². The van der Waals surface area contributed by atoms with Crippen LogP contribution in [0, 0.1) is 11.8 Å². The van der Waals surface area contributed by atoms with E-state index in [2.05, 4.69) is 33.9 Å². The average molecular weight is 256 g/mol. The lowest BCUT2D eigenvalue weighted by atomic mass is 9.99. The first-order valence-electron chi connectivity index (χ1n) is 7.06. The van der Waals surface area contributed by atoms with Gasteiger partial charge in [-0.05, 0) is 55.7 Å². The molecule has 17 heavy (non-hydrogen) atoms. The number of aliphatic hydroxyl groups excluding tert-OH is 1. The molecule has 1 N–H and O–H groups in total. The Morgan fingerprint density at radius 1 is 1.12 bits per heavy atom. The van der Waals surface area contributed by atoms with E-state index in [-0.39, 0.29) is 6.10 Å². The van der Waals surface area contributed by atoms with Crippen molar-refractivity contribution >= 4 is 8.32 Å². The van der Waals surface area contributed by atoms with Gasteiger partial charge in [0.05, 0.1) is 6.10 Å². The highest BCUT2D eigenvalue weighted by molar-refractivity contribution is 6.74. The van der Waals surface area contributed by atoms with Gasteiger partial charge in [0.1, 0.15) is 0 Å². The fourth-order valence-electron chi connectivity index (χ4n) is 3.20. The number of hydrogen-bond donors (Lipinski definition) is 1. The summed E-state index contributed by atoms with van der Waals surface area (Å²) in [6, 6.07) is 0. The molecule has 2 aliphatic rings. The van der Waals surface area contributed by atoms with E-state index >= 15 is 0 Å². The molecule has 2 rings (SSSR count). The Kier molecular flexibility index (Phi) is 3.48. The maximum Gasteiger partial charge on any atom is 0.192 e. The van der Waals surface area contributed by atoms with Crippen molar-refractivity contribution in [2.45, 2.75) is 76.8 Å². The Hall–Kier alpha value is 0.137. The molecule has 100 valence electrons. The Labute approximate surface area is 107 Å². The lowest BCUT2D eigenvalue weighted by molar-refractivity contribution is 0.110. The minimum absolute atomic E-state index is 0.0481. The molecule has 2 nitrogen and oxygen atoms in total. The minimum atomic E-state index is -1.62. The average Bonchev–Trinajstić information content (AvgIpc) is 2.66. The zero-order chi connectivity index (χ0) is 12.8. The van der Waals surface area contributed by atoms with Gasteiger partial charge in [-0.3, -0.25) is 0 Å². The third-order valence-electron chi connectivity index (χ3n) is 5.30. The van der Waals surface area contributed by atoms with Crippen molar-refractivity contribution in [3.8, 4) is 0 Å². The van der Waals surface area contributed by atoms with Crippen LogP contribution in [-0.2, 0) is 4.43 Å². The predicted molar refractivity (Wildman–Crippen MR) is 73.5 cm³/mol. The molecule has 2 aliphatic carbocycles. The van der Waals surface area contributed by atoms with Crippen molar-refractivity contribution in [2.75, 3.05) is 0 Å². The normalized spacial score (nSPS) is 38.5. The van der Waals surface area contributed by atoms with Gasteiger partial charge in [-0.2, -0.15) is 0 Å². The molecule has 2 fully saturated rings. The monoisotopic (exact) mass is 256 g/mol. The molecular weight excluding hydrogens is 228 g/mol. The second kappa shape index (κ2) is 4.36.